The molecule has 106 valence electrons. The first-order chi connectivity index (χ1) is 9.27. The summed E-state index contributed by atoms with van der Waals surface area (Å²) in [7, 11) is -2.44. The molecule has 2 aromatic rings. The zero-order valence-corrected chi connectivity index (χ0v) is 12.5. The van der Waals surface area contributed by atoms with Crippen molar-refractivity contribution in [3.05, 3.63) is 39.7 Å². The third kappa shape index (κ3) is 3.31. The van der Waals surface area contributed by atoms with Gasteiger partial charge in [0.25, 0.3) is 15.9 Å². The second-order valence-electron chi connectivity index (χ2n) is 3.74. The van der Waals surface area contributed by atoms with E-state index in [1.807, 2.05) is 0 Å². The number of benzene rings is 1. The zero-order chi connectivity index (χ0) is 14.9. The standard InChI is InChI=1S/C10H9ClN4O3S2/c1-15-9(19-10(14-15)20(12,17)18)13-8(16)6-2-4-7(11)5-3-6/h2-5H,1H3,(H2,12,17,18). The van der Waals surface area contributed by atoms with Crippen molar-refractivity contribution < 1.29 is 13.2 Å². The molecule has 0 aliphatic carbocycles. The van der Waals surface area contributed by atoms with Crippen LogP contribution in [0.15, 0.2) is 33.6 Å². The molecule has 0 aliphatic rings. The number of nitrogens with two attached hydrogens (primary N) is 1. The molecule has 0 saturated carbocycles. The maximum absolute atomic E-state index is 11.9. The molecule has 0 aliphatic heterocycles. The molecule has 1 amide bonds. The number of amides is 1. The molecule has 0 unspecified atom stereocenters. The fourth-order valence-electron chi connectivity index (χ4n) is 1.28. The molecule has 0 atom stereocenters. The maximum atomic E-state index is 11.9. The molecule has 0 radical (unpaired) electrons. The minimum absolute atomic E-state index is 0.133. The monoisotopic (exact) mass is 332 g/mol. The first-order valence-electron chi connectivity index (χ1n) is 5.19. The summed E-state index contributed by atoms with van der Waals surface area (Å²) in [6, 6.07) is 6.17. The molecule has 10 heteroatoms. The third-order valence-electron chi connectivity index (χ3n) is 2.22. The Kier molecular flexibility index (Phi) is 4.04. The average Bonchev–Trinajstić information content (AvgIpc) is 2.71. The summed E-state index contributed by atoms with van der Waals surface area (Å²) < 4.78 is 23.2. The maximum Gasteiger partial charge on any atom is 0.279 e. The number of aryl methyl sites for hydroxylation is 1. The number of nitrogens with zero attached hydrogens (tertiary/aromatic N) is 3. The summed E-state index contributed by atoms with van der Waals surface area (Å²) in [5, 5.41) is 9.16. The van der Waals surface area contributed by atoms with E-state index in [1.165, 1.54) is 23.9 Å². The van der Waals surface area contributed by atoms with Crippen LogP contribution in [0.5, 0.6) is 0 Å². The molecule has 20 heavy (non-hydrogen) atoms. The lowest BCUT2D eigenvalue weighted by Gasteiger charge is -1.94. The van der Waals surface area contributed by atoms with Crippen molar-refractivity contribution >= 4 is 38.9 Å². The number of sulfonamides is 1. The lowest BCUT2D eigenvalue weighted by atomic mass is 10.2. The summed E-state index contributed by atoms with van der Waals surface area (Å²) >= 11 is 6.44. The van der Waals surface area contributed by atoms with Crippen LogP contribution in [0.25, 0.3) is 0 Å². The van der Waals surface area contributed by atoms with Crippen LogP contribution in [-0.4, -0.2) is 24.1 Å². The van der Waals surface area contributed by atoms with E-state index in [-0.39, 0.29) is 9.14 Å². The molecule has 1 aromatic carbocycles. The number of rotatable bonds is 2. The summed E-state index contributed by atoms with van der Waals surface area (Å²) in [5.74, 6) is -0.526. The molecule has 0 bridgehead atoms. The van der Waals surface area contributed by atoms with Crippen LogP contribution in [0.2, 0.25) is 5.02 Å². The van der Waals surface area contributed by atoms with Crippen LogP contribution in [-0.2, 0) is 17.1 Å². The van der Waals surface area contributed by atoms with Gasteiger partial charge in [0.1, 0.15) is 0 Å². The first kappa shape index (κ1) is 14.9. The van der Waals surface area contributed by atoms with Crippen molar-refractivity contribution in [2.24, 2.45) is 17.2 Å². The highest BCUT2D eigenvalue weighted by Gasteiger charge is 2.15. The van der Waals surface area contributed by atoms with Crippen molar-refractivity contribution in [1.82, 2.24) is 9.78 Å². The van der Waals surface area contributed by atoms with E-state index in [0.717, 1.165) is 11.3 Å². The SMILES string of the molecule is Cn1nc(S(N)(=O)=O)sc1=NC(=O)c1ccc(Cl)cc1. The average molecular weight is 333 g/mol. The van der Waals surface area contributed by atoms with Gasteiger partial charge in [0.2, 0.25) is 9.14 Å². The van der Waals surface area contributed by atoms with E-state index in [0.29, 0.717) is 10.6 Å². The Hall–Kier alpha value is -1.55. The van der Waals surface area contributed by atoms with Crippen LogP contribution < -0.4 is 9.94 Å². The lowest BCUT2D eigenvalue weighted by Crippen LogP contribution is -2.15. The highest BCUT2D eigenvalue weighted by molar-refractivity contribution is 7.91. The summed E-state index contributed by atoms with van der Waals surface area (Å²) in [4.78, 5) is 15.9. The molecule has 7 nitrogen and oxygen atoms in total. The van der Waals surface area contributed by atoms with Crippen molar-refractivity contribution in [1.29, 1.82) is 0 Å². The summed E-state index contributed by atoms with van der Waals surface area (Å²) in [5.41, 5.74) is 0.333. The molecule has 2 N–H and O–H groups in total. The number of primary sulfonamides is 1. The fraction of sp³-hybridized carbons (Fsp3) is 0.100. The normalized spacial score (nSPS) is 12.7. The molecular formula is C10H9ClN4O3S2. The van der Waals surface area contributed by atoms with Crippen LogP contribution in [0.1, 0.15) is 10.4 Å². The molecular weight excluding hydrogens is 324 g/mol. The van der Waals surface area contributed by atoms with Gasteiger partial charge in [0, 0.05) is 17.6 Å². The fourth-order valence-corrected chi connectivity index (χ4v) is 2.96. The van der Waals surface area contributed by atoms with Gasteiger partial charge in [0.05, 0.1) is 0 Å². The van der Waals surface area contributed by atoms with Crippen LogP contribution in [0, 0.1) is 0 Å². The number of aromatic nitrogens is 2. The molecule has 2 rings (SSSR count). The van der Waals surface area contributed by atoms with E-state index in [9.17, 15) is 13.2 Å². The predicted molar refractivity (Wildman–Crippen MR) is 73.8 cm³/mol. The summed E-state index contributed by atoms with van der Waals surface area (Å²) in [6.45, 7) is 0. The van der Waals surface area contributed by atoms with Crippen molar-refractivity contribution in [3.63, 3.8) is 0 Å². The topological polar surface area (TPSA) is 107 Å². The molecule has 0 fully saturated rings. The second kappa shape index (κ2) is 5.44. The zero-order valence-electron chi connectivity index (χ0n) is 10.1. The minimum Gasteiger partial charge on any atom is -0.267 e. The number of carbonyl (C=O) groups is 1. The van der Waals surface area contributed by atoms with Gasteiger partial charge >= 0.3 is 0 Å². The Morgan fingerprint density at radius 3 is 2.50 bits per heavy atom. The largest absolute Gasteiger partial charge is 0.279 e. The highest BCUT2D eigenvalue weighted by atomic mass is 35.5. The van der Waals surface area contributed by atoms with Crippen LogP contribution >= 0.6 is 22.9 Å². The number of hydrogen-bond acceptors (Lipinski definition) is 5. The van der Waals surface area contributed by atoms with Gasteiger partial charge in [0.15, 0.2) is 0 Å². The first-order valence-corrected chi connectivity index (χ1v) is 7.93. The Balaban J connectivity index is 2.43. The summed E-state index contributed by atoms with van der Waals surface area (Å²) in [6.07, 6.45) is 0. The quantitative estimate of drug-likeness (QED) is 0.865. The molecule has 0 spiro atoms. The number of hydrogen-bond donors (Lipinski definition) is 1. The Bertz CT molecular complexity index is 821. The molecule has 1 heterocycles. The third-order valence-corrected chi connectivity index (χ3v) is 4.78. The van der Waals surface area contributed by atoms with Gasteiger partial charge in [-0.3, -0.25) is 4.79 Å². The van der Waals surface area contributed by atoms with E-state index in [1.54, 1.807) is 12.1 Å². The second-order valence-corrected chi connectivity index (χ2v) is 6.87. The van der Waals surface area contributed by atoms with Gasteiger partial charge in [-0.1, -0.05) is 22.9 Å². The van der Waals surface area contributed by atoms with Crippen molar-refractivity contribution in [2.75, 3.05) is 0 Å². The van der Waals surface area contributed by atoms with Gasteiger partial charge in [-0.25, -0.2) is 18.2 Å². The van der Waals surface area contributed by atoms with Crippen LogP contribution in [0.4, 0.5) is 0 Å². The predicted octanol–water partition coefficient (Wildman–Crippen LogP) is 0.524. The number of carbonyl (C=O) groups excluding carboxylic acids is 1. The Morgan fingerprint density at radius 2 is 2.00 bits per heavy atom. The van der Waals surface area contributed by atoms with Gasteiger partial charge < -0.3 is 0 Å². The van der Waals surface area contributed by atoms with Gasteiger partial charge in [-0.15, -0.1) is 5.10 Å². The minimum atomic E-state index is -3.91. The van der Waals surface area contributed by atoms with E-state index < -0.39 is 15.9 Å². The highest BCUT2D eigenvalue weighted by Crippen LogP contribution is 2.10. The van der Waals surface area contributed by atoms with E-state index in [4.69, 9.17) is 16.7 Å². The molecule has 0 saturated heterocycles. The van der Waals surface area contributed by atoms with Crippen molar-refractivity contribution in [3.8, 4) is 0 Å². The lowest BCUT2D eigenvalue weighted by molar-refractivity contribution is 0.0997. The van der Waals surface area contributed by atoms with Gasteiger partial charge in [-0.2, -0.15) is 4.99 Å². The molecule has 1 aromatic heterocycles. The van der Waals surface area contributed by atoms with Crippen molar-refractivity contribution in [2.45, 2.75) is 4.34 Å². The van der Waals surface area contributed by atoms with Crippen LogP contribution in [0.3, 0.4) is 0 Å². The smallest absolute Gasteiger partial charge is 0.267 e. The Labute approximate surface area is 123 Å². The number of halogens is 1. The van der Waals surface area contributed by atoms with E-state index in [2.05, 4.69) is 10.1 Å². The van der Waals surface area contributed by atoms with Gasteiger partial charge in [-0.05, 0) is 24.3 Å². The van der Waals surface area contributed by atoms with E-state index >= 15 is 0 Å². The Morgan fingerprint density at radius 1 is 1.40 bits per heavy atom.